The van der Waals surface area contributed by atoms with Gasteiger partial charge in [0.15, 0.2) is 5.17 Å². The number of aliphatic imine (C=N–C) groups is 1. The Balaban J connectivity index is 1.48. The molecule has 1 spiro atoms. The van der Waals surface area contributed by atoms with Crippen LogP contribution in [0.1, 0.15) is 33.1 Å². The predicted octanol–water partition coefficient (Wildman–Crippen LogP) is 1.96. The Morgan fingerprint density at radius 1 is 1.45 bits per heavy atom. The third kappa shape index (κ3) is 3.31. The fourth-order valence-electron chi connectivity index (χ4n) is 3.31. The van der Waals surface area contributed by atoms with Gasteiger partial charge in [0, 0.05) is 38.1 Å². The maximum absolute atomic E-state index is 5.47. The van der Waals surface area contributed by atoms with Crippen LogP contribution in [0.25, 0.3) is 0 Å². The molecule has 3 heterocycles. The highest BCUT2D eigenvalue weighted by molar-refractivity contribution is 8.14. The van der Waals surface area contributed by atoms with Crippen LogP contribution in [0.5, 0.6) is 0 Å². The number of thioether (sulfide) groups is 1. The summed E-state index contributed by atoms with van der Waals surface area (Å²) in [7, 11) is 0. The molecule has 0 aromatic carbocycles. The van der Waals surface area contributed by atoms with E-state index in [1.807, 2.05) is 11.8 Å². The van der Waals surface area contributed by atoms with Crippen LogP contribution in [0.15, 0.2) is 4.99 Å². The van der Waals surface area contributed by atoms with Gasteiger partial charge in [-0.05, 0) is 45.6 Å². The Bertz CT molecular complexity index is 366. The van der Waals surface area contributed by atoms with Crippen molar-refractivity contribution in [3.8, 4) is 0 Å². The van der Waals surface area contributed by atoms with Crippen LogP contribution in [0.4, 0.5) is 0 Å². The molecule has 114 valence electrons. The molecule has 20 heavy (non-hydrogen) atoms. The molecule has 0 saturated carbocycles. The minimum atomic E-state index is 0.279. The summed E-state index contributed by atoms with van der Waals surface area (Å²) < 4.78 is 5.47. The highest BCUT2D eigenvalue weighted by atomic mass is 32.2. The number of hydrogen-bond acceptors (Lipinski definition) is 4. The van der Waals surface area contributed by atoms with Crippen LogP contribution < -0.4 is 5.32 Å². The van der Waals surface area contributed by atoms with Gasteiger partial charge in [-0.15, -0.1) is 0 Å². The normalized spacial score (nSPS) is 32.4. The third-order valence-corrected chi connectivity index (χ3v) is 6.05. The largest absolute Gasteiger partial charge is 0.381 e. The van der Waals surface area contributed by atoms with Gasteiger partial charge in [-0.2, -0.15) is 0 Å². The summed E-state index contributed by atoms with van der Waals surface area (Å²) in [4.78, 5) is 7.42. The Hall–Kier alpha value is -0.260. The van der Waals surface area contributed by atoms with E-state index in [0.717, 1.165) is 44.3 Å². The van der Waals surface area contributed by atoms with Gasteiger partial charge in [0.25, 0.3) is 0 Å². The second-order valence-electron chi connectivity index (χ2n) is 6.70. The van der Waals surface area contributed by atoms with Gasteiger partial charge in [0.1, 0.15) is 0 Å². The summed E-state index contributed by atoms with van der Waals surface area (Å²) in [5.41, 5.74) is 0.279. The van der Waals surface area contributed by atoms with E-state index in [4.69, 9.17) is 9.73 Å². The zero-order chi connectivity index (χ0) is 14.0. The van der Waals surface area contributed by atoms with Crippen LogP contribution in [0, 0.1) is 5.92 Å². The lowest BCUT2D eigenvalue weighted by Gasteiger charge is -2.32. The van der Waals surface area contributed by atoms with E-state index in [9.17, 15) is 0 Å². The monoisotopic (exact) mass is 297 g/mol. The molecule has 5 heteroatoms. The fraction of sp³-hybridized carbons (Fsp3) is 0.933. The summed E-state index contributed by atoms with van der Waals surface area (Å²) in [6.07, 6.45) is 3.56. The van der Waals surface area contributed by atoms with Crippen LogP contribution in [-0.2, 0) is 4.74 Å². The van der Waals surface area contributed by atoms with Gasteiger partial charge in [-0.25, -0.2) is 0 Å². The van der Waals surface area contributed by atoms with Crippen molar-refractivity contribution >= 4 is 16.9 Å². The van der Waals surface area contributed by atoms with Crippen LogP contribution in [0.3, 0.4) is 0 Å². The molecule has 0 aromatic rings. The second kappa shape index (κ2) is 6.24. The van der Waals surface area contributed by atoms with E-state index in [1.165, 1.54) is 24.7 Å². The average Bonchev–Trinajstić information content (AvgIpc) is 3.05. The zero-order valence-electron chi connectivity index (χ0n) is 12.7. The molecule has 0 aliphatic carbocycles. The first kappa shape index (κ1) is 14.7. The van der Waals surface area contributed by atoms with E-state index in [2.05, 4.69) is 24.1 Å². The SMILES string of the molecule is CC(C)N1CCC(CN=C2NC3(CCOCC3)CS2)C1. The van der Waals surface area contributed by atoms with Gasteiger partial charge < -0.3 is 15.0 Å². The summed E-state index contributed by atoms with van der Waals surface area (Å²) in [5.74, 6) is 1.91. The van der Waals surface area contributed by atoms with Gasteiger partial charge >= 0.3 is 0 Å². The van der Waals surface area contributed by atoms with Gasteiger partial charge in [0.2, 0.25) is 0 Å². The first-order valence-electron chi connectivity index (χ1n) is 7.94. The number of nitrogens with zero attached hydrogens (tertiary/aromatic N) is 2. The van der Waals surface area contributed by atoms with Crippen molar-refractivity contribution in [3.05, 3.63) is 0 Å². The fourth-order valence-corrected chi connectivity index (χ4v) is 4.54. The summed E-state index contributed by atoms with van der Waals surface area (Å²) >= 11 is 1.91. The number of nitrogens with one attached hydrogen (secondary N) is 1. The Morgan fingerprint density at radius 3 is 2.95 bits per heavy atom. The summed E-state index contributed by atoms with van der Waals surface area (Å²) in [6.45, 7) is 9.83. The van der Waals surface area contributed by atoms with E-state index in [0.29, 0.717) is 6.04 Å². The number of hydrogen-bond donors (Lipinski definition) is 1. The van der Waals surface area contributed by atoms with Crippen molar-refractivity contribution in [3.63, 3.8) is 0 Å². The molecule has 0 radical (unpaired) electrons. The van der Waals surface area contributed by atoms with E-state index < -0.39 is 0 Å². The van der Waals surface area contributed by atoms with E-state index in [-0.39, 0.29) is 5.54 Å². The molecule has 0 amide bonds. The quantitative estimate of drug-likeness (QED) is 0.864. The molecule has 4 nitrogen and oxygen atoms in total. The summed E-state index contributed by atoms with van der Waals surface area (Å²) in [5, 5.41) is 4.86. The number of likely N-dealkylation sites (tertiary alicyclic amines) is 1. The first-order valence-corrected chi connectivity index (χ1v) is 8.93. The van der Waals surface area contributed by atoms with Crippen molar-refractivity contribution < 1.29 is 4.74 Å². The van der Waals surface area contributed by atoms with Crippen molar-refractivity contribution in [2.45, 2.75) is 44.7 Å². The second-order valence-corrected chi connectivity index (χ2v) is 7.66. The minimum Gasteiger partial charge on any atom is -0.381 e. The lowest BCUT2D eigenvalue weighted by molar-refractivity contribution is 0.0555. The van der Waals surface area contributed by atoms with Crippen LogP contribution in [0.2, 0.25) is 0 Å². The molecular formula is C15H27N3OS. The minimum absolute atomic E-state index is 0.279. The summed E-state index contributed by atoms with van der Waals surface area (Å²) in [6, 6.07) is 0.678. The topological polar surface area (TPSA) is 36.9 Å². The maximum Gasteiger partial charge on any atom is 0.157 e. The smallest absolute Gasteiger partial charge is 0.157 e. The predicted molar refractivity (Wildman–Crippen MR) is 85.5 cm³/mol. The van der Waals surface area contributed by atoms with Crippen molar-refractivity contribution in [2.24, 2.45) is 10.9 Å². The lowest BCUT2D eigenvalue weighted by Crippen LogP contribution is -2.48. The van der Waals surface area contributed by atoms with Gasteiger partial charge in [-0.1, -0.05) is 11.8 Å². The highest BCUT2D eigenvalue weighted by Crippen LogP contribution is 2.32. The maximum atomic E-state index is 5.47. The standard InChI is InChI=1S/C15H27N3OS/c1-12(2)18-6-3-13(10-18)9-16-14-17-15(11-20-14)4-7-19-8-5-15/h12-13H,3-11H2,1-2H3,(H,16,17). The van der Waals surface area contributed by atoms with Crippen LogP contribution >= 0.6 is 11.8 Å². The Morgan fingerprint density at radius 2 is 2.25 bits per heavy atom. The molecule has 0 bridgehead atoms. The zero-order valence-corrected chi connectivity index (χ0v) is 13.5. The van der Waals surface area contributed by atoms with E-state index in [1.54, 1.807) is 0 Å². The molecule has 3 rings (SSSR count). The van der Waals surface area contributed by atoms with Crippen molar-refractivity contribution in [2.75, 3.05) is 38.6 Å². The average molecular weight is 297 g/mol. The number of ether oxygens (including phenoxy) is 1. The molecule has 0 aromatic heterocycles. The lowest BCUT2D eigenvalue weighted by atomic mass is 9.93. The highest BCUT2D eigenvalue weighted by Gasteiger charge is 2.38. The molecule has 3 aliphatic heterocycles. The van der Waals surface area contributed by atoms with Gasteiger partial charge in [0.05, 0.1) is 5.54 Å². The molecule has 1 unspecified atom stereocenters. The van der Waals surface area contributed by atoms with Gasteiger partial charge in [-0.3, -0.25) is 4.99 Å². The molecule has 1 N–H and O–H groups in total. The Kier molecular flexibility index (Phi) is 4.58. The molecule has 3 aliphatic rings. The number of amidine groups is 1. The van der Waals surface area contributed by atoms with Crippen molar-refractivity contribution in [1.82, 2.24) is 10.2 Å². The van der Waals surface area contributed by atoms with Crippen LogP contribution in [-0.4, -0.2) is 60.2 Å². The third-order valence-electron chi connectivity index (χ3n) is 4.85. The first-order chi connectivity index (χ1) is 9.67. The Labute approximate surface area is 126 Å². The van der Waals surface area contributed by atoms with E-state index >= 15 is 0 Å². The molecular weight excluding hydrogens is 270 g/mol. The molecule has 1 atom stereocenters. The molecule has 3 saturated heterocycles. The molecule has 3 fully saturated rings. The number of rotatable bonds is 3. The van der Waals surface area contributed by atoms with Crippen molar-refractivity contribution in [1.29, 1.82) is 0 Å².